The van der Waals surface area contributed by atoms with E-state index in [2.05, 4.69) is 5.32 Å². The summed E-state index contributed by atoms with van der Waals surface area (Å²) < 4.78 is 0. The summed E-state index contributed by atoms with van der Waals surface area (Å²) in [4.78, 5) is 37.8. The van der Waals surface area contributed by atoms with E-state index in [-0.39, 0.29) is 18.9 Å². The molecule has 0 aromatic heterocycles. The maximum absolute atomic E-state index is 12.6. The number of urea groups is 1. The molecule has 1 aromatic rings. The fourth-order valence-electron chi connectivity index (χ4n) is 3.71. The highest BCUT2D eigenvalue weighted by atomic mass is 16.4. The van der Waals surface area contributed by atoms with Crippen LogP contribution in [0, 0.1) is 5.41 Å². The van der Waals surface area contributed by atoms with Crippen LogP contribution in [0.4, 0.5) is 4.79 Å². The third kappa shape index (κ3) is 5.58. The summed E-state index contributed by atoms with van der Waals surface area (Å²) in [6.45, 7) is 4.21. The minimum Gasteiger partial charge on any atom is -0.481 e. The van der Waals surface area contributed by atoms with Crippen LogP contribution in [-0.2, 0) is 16.1 Å². The van der Waals surface area contributed by atoms with Gasteiger partial charge in [0.15, 0.2) is 0 Å². The van der Waals surface area contributed by atoms with Crippen molar-refractivity contribution in [2.45, 2.75) is 65.0 Å². The van der Waals surface area contributed by atoms with Crippen molar-refractivity contribution in [1.82, 2.24) is 10.2 Å². The molecule has 2 rings (SSSR count). The van der Waals surface area contributed by atoms with Crippen molar-refractivity contribution in [2.75, 3.05) is 0 Å². The average Bonchev–Trinajstić information content (AvgIpc) is 2.99. The highest BCUT2D eigenvalue weighted by Crippen LogP contribution is 2.44. The zero-order valence-electron chi connectivity index (χ0n) is 15.5. The second kappa shape index (κ2) is 8.83. The number of nitrogens with one attached hydrogen (secondary N) is 1. The Balaban J connectivity index is 1.99. The lowest BCUT2D eigenvalue weighted by Crippen LogP contribution is -2.46. The molecule has 0 saturated heterocycles. The van der Waals surface area contributed by atoms with Crippen LogP contribution in [-0.4, -0.2) is 34.0 Å². The molecule has 1 fully saturated rings. The van der Waals surface area contributed by atoms with Crippen molar-refractivity contribution in [3.63, 3.8) is 0 Å². The highest BCUT2D eigenvalue weighted by Gasteiger charge is 2.38. The summed E-state index contributed by atoms with van der Waals surface area (Å²) in [5, 5.41) is 11.6. The van der Waals surface area contributed by atoms with E-state index in [0.717, 1.165) is 31.2 Å². The van der Waals surface area contributed by atoms with Gasteiger partial charge in [-0.3, -0.25) is 14.9 Å². The molecule has 142 valence electrons. The number of carboxylic acid groups (broad SMARTS) is 1. The first-order valence-corrected chi connectivity index (χ1v) is 9.17. The second-order valence-corrected chi connectivity index (χ2v) is 7.51. The van der Waals surface area contributed by atoms with Gasteiger partial charge in [0.2, 0.25) is 5.91 Å². The van der Waals surface area contributed by atoms with E-state index in [0.29, 0.717) is 6.54 Å². The number of hydrogen-bond donors (Lipinski definition) is 2. The van der Waals surface area contributed by atoms with Crippen molar-refractivity contribution in [1.29, 1.82) is 0 Å². The van der Waals surface area contributed by atoms with Crippen LogP contribution < -0.4 is 5.32 Å². The zero-order valence-corrected chi connectivity index (χ0v) is 15.5. The van der Waals surface area contributed by atoms with E-state index >= 15 is 0 Å². The van der Waals surface area contributed by atoms with Gasteiger partial charge in [-0.1, -0.05) is 43.2 Å². The summed E-state index contributed by atoms with van der Waals surface area (Å²) in [7, 11) is 0. The lowest BCUT2D eigenvalue weighted by Gasteiger charge is -2.29. The summed E-state index contributed by atoms with van der Waals surface area (Å²) in [5.74, 6) is -1.28. The summed E-state index contributed by atoms with van der Waals surface area (Å²) in [6.07, 6.45) is 3.37. The predicted octanol–water partition coefficient (Wildman–Crippen LogP) is 3.56. The number of hydrogen-bond acceptors (Lipinski definition) is 3. The Morgan fingerprint density at radius 2 is 1.73 bits per heavy atom. The summed E-state index contributed by atoms with van der Waals surface area (Å²) in [6, 6.07) is 9.10. The van der Waals surface area contributed by atoms with Crippen LogP contribution in [0.15, 0.2) is 30.3 Å². The van der Waals surface area contributed by atoms with Crippen LogP contribution in [0.25, 0.3) is 0 Å². The van der Waals surface area contributed by atoms with Gasteiger partial charge in [0.25, 0.3) is 0 Å². The Morgan fingerprint density at radius 3 is 2.27 bits per heavy atom. The fourth-order valence-corrected chi connectivity index (χ4v) is 3.71. The lowest BCUT2D eigenvalue weighted by molar-refractivity contribution is -0.140. The number of carbonyl (C=O) groups excluding carboxylic acids is 2. The van der Waals surface area contributed by atoms with Gasteiger partial charge in [-0.25, -0.2) is 4.79 Å². The number of carboxylic acids is 1. The number of rotatable bonds is 7. The Morgan fingerprint density at radius 1 is 1.12 bits per heavy atom. The van der Waals surface area contributed by atoms with Crippen molar-refractivity contribution in [3.8, 4) is 0 Å². The quantitative estimate of drug-likeness (QED) is 0.778. The Hall–Kier alpha value is -2.37. The molecule has 26 heavy (non-hydrogen) atoms. The third-order valence-corrected chi connectivity index (χ3v) is 5.05. The van der Waals surface area contributed by atoms with E-state index in [4.69, 9.17) is 5.11 Å². The largest absolute Gasteiger partial charge is 0.481 e. The maximum Gasteiger partial charge on any atom is 0.324 e. The van der Waals surface area contributed by atoms with Crippen LogP contribution in [0.3, 0.4) is 0 Å². The SMILES string of the molecule is CC(C)N(Cc1ccccc1)C(=O)NC(=O)CC1(CC(=O)O)CCCC1. The van der Waals surface area contributed by atoms with Crippen LogP contribution in [0.5, 0.6) is 0 Å². The maximum atomic E-state index is 12.6. The fraction of sp³-hybridized carbons (Fsp3) is 0.550. The number of imide groups is 1. The minimum atomic E-state index is -0.890. The van der Waals surface area contributed by atoms with E-state index in [9.17, 15) is 14.4 Å². The molecule has 3 amide bonds. The van der Waals surface area contributed by atoms with E-state index < -0.39 is 23.3 Å². The lowest BCUT2D eigenvalue weighted by atomic mass is 9.79. The molecule has 0 spiro atoms. The van der Waals surface area contributed by atoms with Crippen molar-refractivity contribution < 1.29 is 19.5 Å². The Kier molecular flexibility index (Phi) is 6.77. The molecule has 6 nitrogen and oxygen atoms in total. The van der Waals surface area contributed by atoms with E-state index in [1.807, 2.05) is 44.2 Å². The molecule has 1 aliphatic carbocycles. The highest BCUT2D eigenvalue weighted by molar-refractivity contribution is 5.94. The average molecular weight is 360 g/mol. The summed E-state index contributed by atoms with van der Waals surface area (Å²) >= 11 is 0. The first-order valence-electron chi connectivity index (χ1n) is 9.17. The standard InChI is InChI=1S/C20H28N2O4/c1-15(2)22(14-16-8-4-3-5-9-16)19(26)21-17(23)12-20(13-18(24)25)10-6-7-11-20/h3-5,8-9,15H,6-7,10-14H2,1-2H3,(H,24,25)(H,21,23,26). The van der Waals surface area contributed by atoms with Crippen LogP contribution >= 0.6 is 0 Å². The van der Waals surface area contributed by atoms with Crippen LogP contribution in [0.1, 0.15) is 57.9 Å². The molecule has 0 unspecified atom stereocenters. The Labute approximate surface area is 154 Å². The Bertz CT molecular complexity index is 636. The first-order chi connectivity index (χ1) is 12.3. The second-order valence-electron chi connectivity index (χ2n) is 7.51. The number of carbonyl (C=O) groups is 3. The van der Waals surface area contributed by atoms with Crippen molar-refractivity contribution >= 4 is 17.9 Å². The first kappa shape index (κ1) is 19.9. The van der Waals surface area contributed by atoms with Crippen molar-refractivity contribution in [3.05, 3.63) is 35.9 Å². The van der Waals surface area contributed by atoms with E-state index in [1.54, 1.807) is 4.90 Å². The zero-order chi connectivity index (χ0) is 19.2. The number of benzene rings is 1. The monoisotopic (exact) mass is 360 g/mol. The minimum absolute atomic E-state index is 0.0213. The number of aliphatic carboxylic acids is 1. The molecule has 6 heteroatoms. The molecule has 2 N–H and O–H groups in total. The molecular weight excluding hydrogens is 332 g/mol. The molecule has 1 saturated carbocycles. The molecule has 0 heterocycles. The van der Waals surface area contributed by atoms with Gasteiger partial charge < -0.3 is 10.0 Å². The van der Waals surface area contributed by atoms with Gasteiger partial charge in [0.05, 0.1) is 6.42 Å². The van der Waals surface area contributed by atoms with Gasteiger partial charge in [-0.15, -0.1) is 0 Å². The van der Waals surface area contributed by atoms with Gasteiger partial charge in [-0.05, 0) is 37.7 Å². The van der Waals surface area contributed by atoms with Gasteiger partial charge in [0, 0.05) is 19.0 Å². The molecule has 1 aliphatic rings. The summed E-state index contributed by atoms with van der Waals surface area (Å²) in [5.41, 5.74) is 0.472. The smallest absolute Gasteiger partial charge is 0.324 e. The molecule has 0 aliphatic heterocycles. The molecule has 0 atom stereocenters. The van der Waals surface area contributed by atoms with Crippen molar-refractivity contribution in [2.24, 2.45) is 5.41 Å². The van der Waals surface area contributed by atoms with Gasteiger partial charge >= 0.3 is 12.0 Å². The number of nitrogens with zero attached hydrogens (tertiary/aromatic N) is 1. The molecule has 0 bridgehead atoms. The molecular formula is C20H28N2O4. The van der Waals surface area contributed by atoms with Gasteiger partial charge in [0.1, 0.15) is 0 Å². The molecule has 1 aromatic carbocycles. The molecule has 0 radical (unpaired) electrons. The van der Waals surface area contributed by atoms with Crippen LogP contribution in [0.2, 0.25) is 0 Å². The third-order valence-electron chi connectivity index (χ3n) is 5.05. The topological polar surface area (TPSA) is 86.7 Å². The predicted molar refractivity (Wildman–Crippen MR) is 98.4 cm³/mol. The van der Waals surface area contributed by atoms with Gasteiger partial charge in [-0.2, -0.15) is 0 Å². The normalized spacial score (nSPS) is 15.7. The van der Waals surface area contributed by atoms with E-state index in [1.165, 1.54) is 0 Å². The number of amides is 3.